The monoisotopic (exact) mass is 343 g/mol. The number of hydrogen-bond acceptors (Lipinski definition) is 4. The third kappa shape index (κ3) is 4.28. The molecule has 1 aliphatic heterocycles. The number of rotatable bonds is 5. The van der Waals surface area contributed by atoms with Crippen molar-refractivity contribution in [3.05, 3.63) is 65.2 Å². The van der Waals surface area contributed by atoms with Crippen LogP contribution in [0.5, 0.6) is 0 Å². The van der Waals surface area contributed by atoms with Gasteiger partial charge in [0, 0.05) is 49.9 Å². The average molecular weight is 344 g/mol. The molecule has 0 amide bonds. The van der Waals surface area contributed by atoms with E-state index in [0.717, 1.165) is 55.4 Å². The molecule has 0 aromatic heterocycles. The molecule has 0 spiro atoms. The van der Waals surface area contributed by atoms with E-state index in [1.807, 2.05) is 42.5 Å². The second kappa shape index (κ2) is 8.18. The van der Waals surface area contributed by atoms with Crippen LogP contribution in [0.25, 0.3) is 0 Å². The first-order valence-corrected chi connectivity index (χ1v) is 8.63. The minimum absolute atomic E-state index is 0.746. The van der Waals surface area contributed by atoms with E-state index in [1.165, 1.54) is 5.69 Å². The highest BCUT2D eigenvalue weighted by atomic mass is 35.5. The molecule has 3 rings (SSSR count). The molecule has 0 bridgehead atoms. The molecule has 2 aromatic rings. The molecule has 1 saturated heterocycles. The third-order valence-electron chi connectivity index (χ3n) is 4.46. The lowest BCUT2D eigenvalue weighted by Crippen LogP contribution is -2.46. The first-order valence-electron chi connectivity index (χ1n) is 8.25. The Balaban J connectivity index is 1.49. The maximum Gasteiger partial charge on any atom is 0.0880 e. The summed E-state index contributed by atoms with van der Waals surface area (Å²) in [6.45, 7) is 4.92. The van der Waals surface area contributed by atoms with Gasteiger partial charge in [-0.3, -0.25) is 4.90 Å². The molecule has 1 heterocycles. The summed E-state index contributed by atoms with van der Waals surface area (Å²) < 4.78 is 0. The number of hydrogen-bond donors (Lipinski definition) is 1. The van der Waals surface area contributed by atoms with Gasteiger partial charge in [0.2, 0.25) is 0 Å². The van der Waals surface area contributed by atoms with E-state index in [2.05, 4.69) is 27.1 Å². The second-order valence-electron chi connectivity index (χ2n) is 5.97. The summed E-state index contributed by atoms with van der Waals surface area (Å²) in [5.41, 5.74) is 2.96. The van der Waals surface area contributed by atoms with Crippen LogP contribution in [0.3, 0.4) is 0 Å². The number of piperazine rings is 1. The highest BCUT2D eigenvalue weighted by Gasteiger charge is 2.17. The molecule has 0 atom stereocenters. The van der Waals surface area contributed by atoms with Gasteiger partial charge in [-0.2, -0.15) is 0 Å². The van der Waals surface area contributed by atoms with Gasteiger partial charge in [0.05, 0.1) is 5.71 Å². The maximum absolute atomic E-state index is 9.27. The number of nitrogens with zero attached hydrogens (tertiary/aromatic N) is 3. The van der Waals surface area contributed by atoms with E-state index in [0.29, 0.717) is 0 Å². The van der Waals surface area contributed by atoms with E-state index in [4.69, 9.17) is 11.6 Å². The molecule has 0 aliphatic carbocycles. The number of benzene rings is 2. The molecular weight excluding hydrogens is 322 g/mol. The van der Waals surface area contributed by atoms with E-state index in [9.17, 15) is 5.21 Å². The Bertz CT molecular complexity index is 665. The fourth-order valence-electron chi connectivity index (χ4n) is 3.03. The molecule has 1 fully saturated rings. The van der Waals surface area contributed by atoms with Crippen molar-refractivity contribution in [1.82, 2.24) is 4.90 Å². The van der Waals surface area contributed by atoms with Crippen molar-refractivity contribution in [2.75, 3.05) is 37.6 Å². The zero-order valence-corrected chi connectivity index (χ0v) is 14.4. The summed E-state index contributed by atoms with van der Waals surface area (Å²) in [7, 11) is 0. The quantitative estimate of drug-likeness (QED) is 0.511. The molecule has 4 nitrogen and oxygen atoms in total. The number of anilines is 1. The van der Waals surface area contributed by atoms with Crippen molar-refractivity contribution in [1.29, 1.82) is 0 Å². The van der Waals surface area contributed by atoms with Crippen LogP contribution < -0.4 is 4.90 Å². The van der Waals surface area contributed by atoms with Crippen LogP contribution in [0.15, 0.2) is 59.8 Å². The van der Waals surface area contributed by atoms with E-state index < -0.39 is 0 Å². The smallest absolute Gasteiger partial charge is 0.0880 e. The van der Waals surface area contributed by atoms with Crippen LogP contribution in [-0.2, 0) is 0 Å². The minimum atomic E-state index is 0.746. The Kier molecular flexibility index (Phi) is 5.72. The second-order valence-corrected chi connectivity index (χ2v) is 6.40. The van der Waals surface area contributed by atoms with Crippen LogP contribution in [0.2, 0.25) is 5.02 Å². The molecule has 0 radical (unpaired) electrons. The van der Waals surface area contributed by atoms with Gasteiger partial charge in [-0.05, 0) is 29.8 Å². The van der Waals surface area contributed by atoms with Gasteiger partial charge in [0.25, 0.3) is 0 Å². The molecular formula is C19H22ClN3O. The minimum Gasteiger partial charge on any atom is -0.411 e. The van der Waals surface area contributed by atoms with Crippen molar-refractivity contribution < 1.29 is 5.21 Å². The zero-order valence-electron chi connectivity index (χ0n) is 13.6. The zero-order chi connectivity index (χ0) is 16.8. The molecule has 2 aromatic carbocycles. The van der Waals surface area contributed by atoms with Crippen LogP contribution >= 0.6 is 11.6 Å². The fraction of sp³-hybridized carbons (Fsp3) is 0.316. The van der Waals surface area contributed by atoms with E-state index in [-0.39, 0.29) is 0 Å². The van der Waals surface area contributed by atoms with Gasteiger partial charge in [0.1, 0.15) is 0 Å². The predicted molar refractivity (Wildman–Crippen MR) is 99.5 cm³/mol. The van der Waals surface area contributed by atoms with Crippen LogP contribution in [0.4, 0.5) is 5.69 Å². The van der Waals surface area contributed by atoms with Crippen LogP contribution in [-0.4, -0.2) is 48.5 Å². The fourth-order valence-corrected chi connectivity index (χ4v) is 3.15. The summed E-state index contributed by atoms with van der Waals surface area (Å²) in [6.07, 6.45) is 0.751. The van der Waals surface area contributed by atoms with Gasteiger partial charge in [-0.1, -0.05) is 47.1 Å². The van der Waals surface area contributed by atoms with Gasteiger partial charge in [-0.15, -0.1) is 0 Å². The van der Waals surface area contributed by atoms with E-state index >= 15 is 0 Å². The van der Waals surface area contributed by atoms with Gasteiger partial charge in [0.15, 0.2) is 0 Å². The van der Waals surface area contributed by atoms with Gasteiger partial charge >= 0.3 is 0 Å². The average Bonchev–Trinajstić information content (AvgIpc) is 2.64. The third-order valence-corrected chi connectivity index (χ3v) is 4.71. The molecule has 24 heavy (non-hydrogen) atoms. The van der Waals surface area contributed by atoms with Crippen LogP contribution in [0.1, 0.15) is 12.0 Å². The van der Waals surface area contributed by atoms with Gasteiger partial charge in [-0.25, -0.2) is 0 Å². The van der Waals surface area contributed by atoms with Crippen molar-refractivity contribution >= 4 is 23.0 Å². The van der Waals surface area contributed by atoms with Gasteiger partial charge < -0.3 is 10.1 Å². The Morgan fingerprint density at radius 2 is 1.62 bits per heavy atom. The molecule has 0 unspecified atom stereocenters. The highest BCUT2D eigenvalue weighted by Crippen LogP contribution is 2.19. The lowest BCUT2D eigenvalue weighted by atomic mass is 10.1. The lowest BCUT2D eigenvalue weighted by molar-refractivity contribution is 0.262. The first-order chi connectivity index (χ1) is 11.8. The van der Waals surface area contributed by atoms with Crippen molar-refractivity contribution in [3.8, 4) is 0 Å². The lowest BCUT2D eigenvalue weighted by Gasteiger charge is -2.36. The number of halogens is 1. The summed E-state index contributed by atoms with van der Waals surface area (Å²) >= 11 is 5.95. The molecule has 1 N–H and O–H groups in total. The predicted octanol–water partition coefficient (Wildman–Crippen LogP) is 3.73. The summed E-state index contributed by atoms with van der Waals surface area (Å²) in [6, 6.07) is 17.9. The normalized spacial score (nSPS) is 16.4. The molecule has 1 aliphatic rings. The Morgan fingerprint density at radius 1 is 0.958 bits per heavy atom. The van der Waals surface area contributed by atoms with Crippen LogP contribution in [0, 0.1) is 0 Å². The topological polar surface area (TPSA) is 39.1 Å². The van der Waals surface area contributed by atoms with Crippen molar-refractivity contribution in [3.63, 3.8) is 0 Å². The maximum atomic E-state index is 9.27. The Labute approximate surface area is 148 Å². The number of oxime groups is 1. The highest BCUT2D eigenvalue weighted by molar-refractivity contribution is 6.30. The summed E-state index contributed by atoms with van der Waals surface area (Å²) in [5.74, 6) is 0. The standard InChI is InChI=1S/C19H22ClN3O/c20-17-6-8-18(9-7-17)23-14-12-22(13-15-23)11-10-19(21-24)16-4-2-1-3-5-16/h1-9,24H,10-15H2/b21-19+. The Hall–Kier alpha value is -2.04. The molecule has 5 heteroatoms. The first kappa shape index (κ1) is 16.8. The summed E-state index contributed by atoms with van der Waals surface area (Å²) in [4.78, 5) is 4.80. The SMILES string of the molecule is O/N=C(\CCN1CCN(c2ccc(Cl)cc2)CC1)c1ccccc1. The van der Waals surface area contributed by atoms with Crippen molar-refractivity contribution in [2.45, 2.75) is 6.42 Å². The van der Waals surface area contributed by atoms with E-state index in [1.54, 1.807) is 0 Å². The molecule has 0 saturated carbocycles. The molecule has 126 valence electrons. The largest absolute Gasteiger partial charge is 0.411 e. The Morgan fingerprint density at radius 3 is 2.25 bits per heavy atom. The summed E-state index contributed by atoms with van der Waals surface area (Å²) in [5, 5.41) is 13.5. The van der Waals surface area contributed by atoms with Crippen molar-refractivity contribution in [2.24, 2.45) is 5.16 Å².